The zero-order valence-corrected chi connectivity index (χ0v) is 13.3. The van der Waals surface area contributed by atoms with Crippen molar-refractivity contribution < 1.29 is 5.11 Å². The molecule has 0 aliphatic carbocycles. The Morgan fingerprint density at radius 3 is 2.57 bits per heavy atom. The van der Waals surface area contributed by atoms with Crippen LogP contribution in [0.15, 0.2) is 53.0 Å². The normalized spacial score (nSPS) is 11.1. The number of hydrogen-bond acceptors (Lipinski definition) is 2. The van der Waals surface area contributed by atoms with E-state index in [-0.39, 0.29) is 6.61 Å². The van der Waals surface area contributed by atoms with E-state index in [1.54, 1.807) is 0 Å². The van der Waals surface area contributed by atoms with Gasteiger partial charge in [0.1, 0.15) is 5.82 Å². The first-order valence-electron chi connectivity index (χ1n) is 7.07. The molecule has 21 heavy (non-hydrogen) atoms. The highest BCUT2D eigenvalue weighted by atomic mass is 79.9. The van der Waals surface area contributed by atoms with Gasteiger partial charge in [0.25, 0.3) is 0 Å². The lowest BCUT2D eigenvalue weighted by Gasteiger charge is -2.09. The standard InChI is InChI=1S/C17H17BrN2O/c18-14-9-7-13(8-10-14)12-20-16-5-2-1-4-15(16)19-17(20)6-3-11-21/h1-2,4-5,7-10,21H,3,6,11-12H2. The Balaban J connectivity index is 1.99. The van der Waals surface area contributed by atoms with Crippen LogP contribution in [-0.4, -0.2) is 21.3 Å². The van der Waals surface area contributed by atoms with E-state index in [1.165, 1.54) is 5.56 Å². The lowest BCUT2D eigenvalue weighted by Crippen LogP contribution is -2.06. The number of benzene rings is 2. The Kier molecular flexibility index (Phi) is 4.36. The van der Waals surface area contributed by atoms with Gasteiger partial charge in [-0.25, -0.2) is 4.98 Å². The summed E-state index contributed by atoms with van der Waals surface area (Å²) in [7, 11) is 0. The zero-order valence-electron chi connectivity index (χ0n) is 11.7. The van der Waals surface area contributed by atoms with Crippen molar-refractivity contribution in [2.24, 2.45) is 0 Å². The molecule has 0 radical (unpaired) electrons. The van der Waals surface area contributed by atoms with Crippen LogP contribution in [0.25, 0.3) is 11.0 Å². The van der Waals surface area contributed by atoms with Crippen molar-refractivity contribution >= 4 is 27.0 Å². The van der Waals surface area contributed by atoms with Crippen LogP contribution in [0.2, 0.25) is 0 Å². The molecule has 1 aromatic heterocycles. The number of halogens is 1. The average Bonchev–Trinajstić information content (AvgIpc) is 2.85. The summed E-state index contributed by atoms with van der Waals surface area (Å²) < 4.78 is 3.33. The van der Waals surface area contributed by atoms with E-state index in [0.717, 1.165) is 40.7 Å². The highest BCUT2D eigenvalue weighted by molar-refractivity contribution is 9.10. The molecule has 4 heteroatoms. The van der Waals surface area contributed by atoms with Crippen LogP contribution < -0.4 is 0 Å². The van der Waals surface area contributed by atoms with Gasteiger partial charge in [-0.15, -0.1) is 0 Å². The summed E-state index contributed by atoms with van der Waals surface area (Å²) in [5, 5.41) is 9.07. The first kappa shape index (κ1) is 14.3. The van der Waals surface area contributed by atoms with Crippen molar-refractivity contribution in [3.63, 3.8) is 0 Å². The molecule has 2 aromatic carbocycles. The fourth-order valence-corrected chi connectivity index (χ4v) is 2.77. The Labute approximate surface area is 132 Å². The largest absolute Gasteiger partial charge is 0.396 e. The second kappa shape index (κ2) is 6.41. The SMILES string of the molecule is OCCCc1nc2ccccc2n1Cc1ccc(Br)cc1. The Hall–Kier alpha value is -1.65. The summed E-state index contributed by atoms with van der Waals surface area (Å²) in [5.74, 6) is 1.04. The monoisotopic (exact) mass is 344 g/mol. The molecule has 0 saturated heterocycles. The molecule has 1 N–H and O–H groups in total. The molecule has 3 nitrogen and oxygen atoms in total. The molecule has 3 rings (SSSR count). The molecule has 108 valence electrons. The summed E-state index contributed by atoms with van der Waals surface area (Å²) in [5.41, 5.74) is 3.41. The van der Waals surface area contributed by atoms with E-state index in [0.29, 0.717) is 0 Å². The summed E-state index contributed by atoms with van der Waals surface area (Å²) >= 11 is 3.46. The Morgan fingerprint density at radius 2 is 1.81 bits per heavy atom. The summed E-state index contributed by atoms with van der Waals surface area (Å²) in [6.45, 7) is 0.996. The predicted molar refractivity (Wildman–Crippen MR) is 88.4 cm³/mol. The van der Waals surface area contributed by atoms with Crippen LogP contribution in [0.5, 0.6) is 0 Å². The van der Waals surface area contributed by atoms with Gasteiger partial charge in [0, 0.05) is 24.0 Å². The quantitative estimate of drug-likeness (QED) is 0.764. The van der Waals surface area contributed by atoms with Gasteiger partial charge in [-0.2, -0.15) is 0 Å². The minimum Gasteiger partial charge on any atom is -0.396 e. The fraction of sp³-hybridized carbons (Fsp3) is 0.235. The topological polar surface area (TPSA) is 38.1 Å². The maximum atomic E-state index is 9.07. The van der Waals surface area contributed by atoms with Gasteiger partial charge in [-0.3, -0.25) is 0 Å². The minimum absolute atomic E-state index is 0.196. The van der Waals surface area contributed by atoms with Gasteiger partial charge in [0.2, 0.25) is 0 Å². The number of aryl methyl sites for hydroxylation is 1. The number of fused-ring (bicyclic) bond motifs is 1. The van der Waals surface area contributed by atoms with Gasteiger partial charge < -0.3 is 9.67 Å². The summed E-state index contributed by atoms with van der Waals surface area (Å²) in [4.78, 5) is 4.71. The molecular weight excluding hydrogens is 328 g/mol. The maximum Gasteiger partial charge on any atom is 0.110 e. The number of hydrogen-bond donors (Lipinski definition) is 1. The average molecular weight is 345 g/mol. The van der Waals surface area contributed by atoms with E-state index < -0.39 is 0 Å². The second-order valence-electron chi connectivity index (χ2n) is 5.06. The molecule has 0 spiro atoms. The Bertz CT molecular complexity index is 734. The number of aromatic nitrogens is 2. The van der Waals surface area contributed by atoms with E-state index in [1.807, 2.05) is 18.2 Å². The molecular formula is C17H17BrN2O. The molecule has 1 heterocycles. The number of aliphatic hydroxyl groups is 1. The van der Waals surface area contributed by atoms with Crippen LogP contribution in [0.1, 0.15) is 17.8 Å². The van der Waals surface area contributed by atoms with Gasteiger partial charge in [0.05, 0.1) is 11.0 Å². The molecule has 0 fully saturated rings. The van der Waals surface area contributed by atoms with Gasteiger partial charge in [-0.05, 0) is 36.2 Å². The van der Waals surface area contributed by atoms with Crippen LogP contribution >= 0.6 is 15.9 Å². The van der Waals surface area contributed by atoms with Gasteiger partial charge >= 0.3 is 0 Å². The molecule has 0 aliphatic rings. The van der Waals surface area contributed by atoms with Crippen LogP contribution in [-0.2, 0) is 13.0 Å². The molecule has 0 amide bonds. The van der Waals surface area contributed by atoms with Gasteiger partial charge in [0.15, 0.2) is 0 Å². The third kappa shape index (κ3) is 3.17. The number of para-hydroxylation sites is 2. The molecule has 0 unspecified atom stereocenters. The molecule has 0 aliphatic heterocycles. The third-order valence-electron chi connectivity index (χ3n) is 3.55. The predicted octanol–water partition coefficient (Wildman–Crippen LogP) is 3.77. The van der Waals surface area contributed by atoms with Crippen LogP contribution in [0, 0.1) is 0 Å². The zero-order chi connectivity index (χ0) is 14.7. The number of imidazole rings is 1. The first-order valence-corrected chi connectivity index (χ1v) is 7.86. The van der Waals surface area contributed by atoms with E-state index in [2.05, 4.69) is 50.8 Å². The lowest BCUT2D eigenvalue weighted by molar-refractivity contribution is 0.287. The summed E-state index contributed by atoms with van der Waals surface area (Å²) in [6.07, 6.45) is 1.53. The lowest BCUT2D eigenvalue weighted by atomic mass is 10.2. The number of aliphatic hydroxyl groups excluding tert-OH is 1. The molecule has 0 bridgehead atoms. The van der Waals surface area contributed by atoms with Crippen LogP contribution in [0.4, 0.5) is 0 Å². The highest BCUT2D eigenvalue weighted by Crippen LogP contribution is 2.20. The smallest absolute Gasteiger partial charge is 0.110 e. The highest BCUT2D eigenvalue weighted by Gasteiger charge is 2.10. The number of rotatable bonds is 5. The van der Waals surface area contributed by atoms with E-state index in [9.17, 15) is 0 Å². The van der Waals surface area contributed by atoms with Crippen molar-refractivity contribution in [1.82, 2.24) is 9.55 Å². The van der Waals surface area contributed by atoms with Crippen molar-refractivity contribution in [1.29, 1.82) is 0 Å². The minimum atomic E-state index is 0.196. The van der Waals surface area contributed by atoms with Crippen LogP contribution in [0.3, 0.4) is 0 Å². The molecule has 3 aromatic rings. The van der Waals surface area contributed by atoms with Crippen molar-refractivity contribution in [2.75, 3.05) is 6.61 Å². The summed E-state index contributed by atoms with van der Waals surface area (Å²) in [6, 6.07) is 16.5. The van der Waals surface area contributed by atoms with E-state index >= 15 is 0 Å². The van der Waals surface area contributed by atoms with Crippen molar-refractivity contribution in [3.05, 3.63) is 64.4 Å². The van der Waals surface area contributed by atoms with Crippen molar-refractivity contribution in [3.8, 4) is 0 Å². The maximum absolute atomic E-state index is 9.07. The number of nitrogens with zero attached hydrogens (tertiary/aromatic N) is 2. The van der Waals surface area contributed by atoms with E-state index in [4.69, 9.17) is 10.1 Å². The molecule has 0 saturated carbocycles. The fourth-order valence-electron chi connectivity index (χ4n) is 2.50. The third-order valence-corrected chi connectivity index (χ3v) is 4.07. The van der Waals surface area contributed by atoms with Gasteiger partial charge in [-0.1, -0.05) is 40.2 Å². The second-order valence-corrected chi connectivity index (χ2v) is 5.97. The van der Waals surface area contributed by atoms with Crippen molar-refractivity contribution in [2.45, 2.75) is 19.4 Å². The first-order chi connectivity index (χ1) is 10.3. The molecule has 0 atom stereocenters. The Morgan fingerprint density at radius 1 is 1.05 bits per heavy atom.